The third kappa shape index (κ3) is 2.95. The van der Waals surface area contributed by atoms with E-state index < -0.39 is 16.4 Å². The lowest BCUT2D eigenvalue weighted by molar-refractivity contribution is -0.385. The number of rotatable bonds is 3. The number of hydrogen-bond acceptors (Lipinski definition) is 5. The van der Waals surface area contributed by atoms with Crippen LogP contribution in [0.4, 0.5) is 10.1 Å². The number of halogens is 1. The van der Waals surface area contributed by atoms with Crippen LogP contribution in [0.5, 0.6) is 0 Å². The summed E-state index contributed by atoms with van der Waals surface area (Å²) >= 11 is 0. The molecule has 0 aliphatic rings. The molecule has 7 nitrogen and oxygen atoms in total. The van der Waals surface area contributed by atoms with Crippen LogP contribution in [0.2, 0.25) is 0 Å². The third-order valence-electron chi connectivity index (χ3n) is 5.44. The van der Waals surface area contributed by atoms with E-state index in [4.69, 9.17) is 4.42 Å². The number of aromatic nitrogens is 2. The lowest BCUT2D eigenvalue weighted by Crippen LogP contribution is -2.10. The highest BCUT2D eigenvalue weighted by molar-refractivity contribution is 6.18. The van der Waals surface area contributed by atoms with Gasteiger partial charge in [0, 0.05) is 45.1 Å². The number of fused-ring (bicyclic) bond motifs is 5. The molecule has 0 radical (unpaired) electrons. The van der Waals surface area contributed by atoms with E-state index in [-0.39, 0.29) is 29.0 Å². The normalized spacial score (nSPS) is 11.6. The maximum Gasteiger partial charge on any atom is 0.362 e. The van der Waals surface area contributed by atoms with Gasteiger partial charge in [-0.1, -0.05) is 11.6 Å². The fourth-order valence-corrected chi connectivity index (χ4v) is 4.02. The summed E-state index contributed by atoms with van der Waals surface area (Å²) in [6.07, 6.45) is 0. The van der Waals surface area contributed by atoms with Gasteiger partial charge in [-0.05, 0) is 44.2 Å². The Kier molecular flexibility index (Phi) is 4.11. The Bertz CT molecular complexity index is 1600. The Hall–Kier alpha value is -4.07. The molecular weight excluding hydrogens is 401 g/mol. The van der Waals surface area contributed by atoms with Crippen molar-refractivity contribution in [3.8, 4) is 0 Å². The van der Waals surface area contributed by atoms with Crippen LogP contribution < -0.4 is 5.63 Å². The fraction of sp³-hybridized carbons (Fsp3) is 0.130. The smallest absolute Gasteiger partial charge is 0.362 e. The van der Waals surface area contributed by atoms with Gasteiger partial charge in [-0.2, -0.15) is 0 Å². The Labute approximate surface area is 174 Å². The van der Waals surface area contributed by atoms with Gasteiger partial charge in [0.2, 0.25) is 5.71 Å². The molecule has 31 heavy (non-hydrogen) atoms. The van der Waals surface area contributed by atoms with Crippen molar-refractivity contribution in [2.75, 3.05) is 0 Å². The molecule has 0 saturated heterocycles. The molecule has 0 bridgehead atoms. The Morgan fingerprint density at radius 2 is 1.90 bits per heavy atom. The molecule has 0 atom stereocenters. The van der Waals surface area contributed by atoms with Gasteiger partial charge >= 0.3 is 5.63 Å². The average Bonchev–Trinajstić information content (AvgIpc) is 3.03. The summed E-state index contributed by atoms with van der Waals surface area (Å²) in [5.74, 6) is -0.588. The first kappa shape index (κ1) is 18.9. The number of aryl methyl sites for hydroxylation is 2. The van der Waals surface area contributed by atoms with E-state index in [1.807, 2.05) is 44.2 Å². The second kappa shape index (κ2) is 6.73. The summed E-state index contributed by atoms with van der Waals surface area (Å²) in [5.41, 5.74) is 2.21. The minimum absolute atomic E-state index is 0.0634. The van der Waals surface area contributed by atoms with Gasteiger partial charge in [0.25, 0.3) is 5.69 Å². The molecule has 0 aliphatic heterocycles. The molecule has 2 aromatic carbocycles. The average molecular weight is 417 g/mol. The second-order valence-corrected chi connectivity index (χ2v) is 7.56. The first-order chi connectivity index (χ1) is 14.8. The highest BCUT2D eigenvalue weighted by Crippen LogP contribution is 2.34. The van der Waals surface area contributed by atoms with Crippen molar-refractivity contribution in [3.63, 3.8) is 0 Å². The summed E-state index contributed by atoms with van der Waals surface area (Å²) in [4.78, 5) is 27.9. The predicted molar refractivity (Wildman–Crippen MR) is 115 cm³/mol. The zero-order valence-electron chi connectivity index (χ0n) is 16.7. The molecular formula is C23H16FN3O4. The van der Waals surface area contributed by atoms with Gasteiger partial charge in [-0.15, -0.1) is 0 Å². The van der Waals surface area contributed by atoms with Crippen LogP contribution in [0.15, 0.2) is 57.7 Å². The standard InChI is InChI=1S/C23H16FN3O4/c1-12-3-8-19-17(9-12)20-16-6-4-13(2)25-22(16)31-23(28)21(20)26(19)11-14-10-15(27(29)30)5-7-18(14)24/h3-10H,11H2,1-2H3. The zero-order valence-corrected chi connectivity index (χ0v) is 16.7. The number of hydrogen-bond donors (Lipinski definition) is 0. The van der Waals surface area contributed by atoms with Crippen molar-refractivity contribution in [1.29, 1.82) is 0 Å². The molecule has 0 N–H and O–H groups in total. The lowest BCUT2D eigenvalue weighted by atomic mass is 10.1. The maximum absolute atomic E-state index is 14.5. The highest BCUT2D eigenvalue weighted by Gasteiger charge is 2.21. The van der Waals surface area contributed by atoms with Crippen LogP contribution in [0.1, 0.15) is 16.8 Å². The van der Waals surface area contributed by atoms with Gasteiger partial charge in [0.15, 0.2) is 0 Å². The number of nitro benzene ring substituents is 1. The van der Waals surface area contributed by atoms with Crippen molar-refractivity contribution < 1.29 is 13.7 Å². The van der Waals surface area contributed by atoms with Crippen molar-refractivity contribution in [3.05, 3.63) is 91.7 Å². The molecule has 5 aromatic rings. The van der Waals surface area contributed by atoms with Crippen LogP contribution in [0.25, 0.3) is 32.9 Å². The summed E-state index contributed by atoms with van der Waals surface area (Å²) in [6, 6.07) is 12.8. The van der Waals surface area contributed by atoms with Crippen molar-refractivity contribution in [1.82, 2.24) is 9.55 Å². The van der Waals surface area contributed by atoms with Gasteiger partial charge in [0.05, 0.1) is 11.5 Å². The largest absolute Gasteiger partial charge is 0.402 e. The summed E-state index contributed by atoms with van der Waals surface area (Å²) in [6.45, 7) is 3.69. The summed E-state index contributed by atoms with van der Waals surface area (Å²) in [5, 5.41) is 13.3. The maximum atomic E-state index is 14.5. The van der Waals surface area contributed by atoms with Crippen molar-refractivity contribution in [2.45, 2.75) is 20.4 Å². The fourth-order valence-electron chi connectivity index (χ4n) is 4.02. The van der Waals surface area contributed by atoms with E-state index in [2.05, 4.69) is 4.98 Å². The molecule has 0 fully saturated rings. The number of nitro groups is 1. The van der Waals surface area contributed by atoms with Crippen LogP contribution >= 0.6 is 0 Å². The van der Waals surface area contributed by atoms with Crippen molar-refractivity contribution in [2.24, 2.45) is 0 Å². The molecule has 0 saturated carbocycles. The van der Waals surface area contributed by atoms with E-state index in [1.54, 1.807) is 4.57 Å². The molecule has 5 rings (SSSR count). The second-order valence-electron chi connectivity index (χ2n) is 7.56. The predicted octanol–water partition coefficient (Wildman–Crippen LogP) is 5.01. The van der Waals surface area contributed by atoms with E-state index in [0.717, 1.165) is 23.1 Å². The van der Waals surface area contributed by atoms with E-state index in [9.17, 15) is 19.3 Å². The molecule has 0 aliphatic carbocycles. The van der Waals surface area contributed by atoms with Crippen LogP contribution in [-0.4, -0.2) is 14.5 Å². The Morgan fingerprint density at radius 3 is 2.68 bits per heavy atom. The van der Waals surface area contributed by atoms with Gasteiger partial charge < -0.3 is 8.98 Å². The number of benzene rings is 2. The van der Waals surface area contributed by atoms with Gasteiger partial charge in [0.1, 0.15) is 11.3 Å². The quantitative estimate of drug-likeness (QED) is 0.304. The third-order valence-corrected chi connectivity index (χ3v) is 5.44. The molecule has 0 spiro atoms. The molecule has 0 amide bonds. The number of pyridine rings is 1. The summed E-state index contributed by atoms with van der Waals surface area (Å²) in [7, 11) is 0. The molecule has 154 valence electrons. The topological polar surface area (TPSA) is 91.2 Å². The number of non-ortho nitro benzene ring substituents is 1. The first-order valence-corrected chi connectivity index (χ1v) is 9.59. The minimum Gasteiger partial charge on any atom is -0.402 e. The Balaban J connectivity index is 1.89. The van der Waals surface area contributed by atoms with E-state index >= 15 is 0 Å². The van der Waals surface area contributed by atoms with Crippen molar-refractivity contribution >= 4 is 38.6 Å². The summed E-state index contributed by atoms with van der Waals surface area (Å²) < 4.78 is 21.7. The van der Waals surface area contributed by atoms with E-state index in [0.29, 0.717) is 22.0 Å². The van der Waals surface area contributed by atoms with Crippen LogP contribution in [0, 0.1) is 29.8 Å². The highest BCUT2D eigenvalue weighted by atomic mass is 19.1. The number of nitrogens with zero attached hydrogens (tertiary/aromatic N) is 3. The van der Waals surface area contributed by atoms with E-state index in [1.165, 1.54) is 6.07 Å². The molecule has 0 unspecified atom stereocenters. The van der Waals surface area contributed by atoms with Gasteiger partial charge in [-0.3, -0.25) is 10.1 Å². The first-order valence-electron chi connectivity index (χ1n) is 9.59. The zero-order chi connectivity index (χ0) is 21.9. The van der Waals surface area contributed by atoms with Crippen LogP contribution in [0.3, 0.4) is 0 Å². The van der Waals surface area contributed by atoms with Crippen LogP contribution in [-0.2, 0) is 6.54 Å². The van der Waals surface area contributed by atoms with Gasteiger partial charge in [-0.25, -0.2) is 14.2 Å². The SMILES string of the molecule is Cc1ccc2c(c1)c1c3ccc(C)nc3oc(=O)c1n2Cc1cc([N+](=O)[O-])ccc1F. The monoisotopic (exact) mass is 417 g/mol. The molecule has 3 heterocycles. The Morgan fingerprint density at radius 1 is 1.10 bits per heavy atom. The molecule has 8 heteroatoms. The minimum atomic E-state index is -0.597. The molecule has 3 aromatic heterocycles. The lowest BCUT2D eigenvalue weighted by Gasteiger charge is -2.08.